The monoisotopic (exact) mass is 132 g/mol. The quantitative estimate of drug-likeness (QED) is 0.288. The normalized spacial score (nSPS) is 13.4. The van der Waals surface area contributed by atoms with E-state index in [2.05, 4.69) is 5.73 Å². The van der Waals surface area contributed by atoms with E-state index >= 15 is 0 Å². The molecule has 5 nitrogen and oxygen atoms in total. The number of amides is 2. The number of aliphatic hydroxyl groups is 2. The molecular weight excluding hydrogens is 124 g/mol. The molecule has 0 aliphatic rings. The molecule has 5 N–H and O–H groups in total. The summed E-state index contributed by atoms with van der Waals surface area (Å²) >= 11 is 0. The smallest absolute Gasteiger partial charge is 0.314 e. The Hall–Kier alpha value is -1.23. The van der Waals surface area contributed by atoms with Crippen molar-refractivity contribution in [3.05, 3.63) is 12.3 Å². The highest BCUT2D eigenvalue weighted by Crippen LogP contribution is 1.76. The fraction of sp³-hybridized carbons (Fsp3) is 0.250. The van der Waals surface area contributed by atoms with Crippen molar-refractivity contribution in [2.75, 3.05) is 0 Å². The first-order chi connectivity index (χ1) is 4.16. The minimum Gasteiger partial charge on any atom is -0.516 e. The van der Waals surface area contributed by atoms with Gasteiger partial charge in [0.05, 0.1) is 6.26 Å². The van der Waals surface area contributed by atoms with Gasteiger partial charge in [0.15, 0.2) is 6.23 Å². The van der Waals surface area contributed by atoms with Crippen LogP contribution in [0.3, 0.4) is 0 Å². The molecule has 0 rings (SSSR count). The van der Waals surface area contributed by atoms with Gasteiger partial charge in [-0.3, -0.25) is 0 Å². The molecule has 0 aromatic rings. The van der Waals surface area contributed by atoms with Gasteiger partial charge in [0.25, 0.3) is 0 Å². The number of carbonyl (C=O) groups excluding carboxylic acids is 1. The highest BCUT2D eigenvalue weighted by molar-refractivity contribution is 5.71. The summed E-state index contributed by atoms with van der Waals surface area (Å²) < 4.78 is 0. The Morgan fingerprint density at radius 1 is 1.78 bits per heavy atom. The Morgan fingerprint density at radius 3 is 2.67 bits per heavy atom. The van der Waals surface area contributed by atoms with Gasteiger partial charge in [0.1, 0.15) is 0 Å². The molecule has 2 amide bonds. The molecule has 1 atom stereocenters. The van der Waals surface area contributed by atoms with Gasteiger partial charge < -0.3 is 21.3 Å². The van der Waals surface area contributed by atoms with Crippen LogP contribution in [0, 0.1) is 0 Å². The number of primary amides is 1. The van der Waals surface area contributed by atoms with Crippen LogP contribution in [0.5, 0.6) is 0 Å². The maximum absolute atomic E-state index is 9.92. The van der Waals surface area contributed by atoms with Gasteiger partial charge in [-0.05, 0) is 6.08 Å². The summed E-state index contributed by atoms with van der Waals surface area (Å²) in [6, 6.07) is -0.847. The number of urea groups is 1. The highest BCUT2D eigenvalue weighted by Gasteiger charge is 1.97. The Morgan fingerprint density at radius 2 is 2.33 bits per heavy atom. The predicted molar refractivity (Wildman–Crippen MR) is 30.5 cm³/mol. The Kier molecular flexibility index (Phi) is 3.22. The predicted octanol–water partition coefficient (Wildman–Crippen LogP) is -0.955. The number of hydrogen-bond acceptors (Lipinski definition) is 3. The molecule has 0 bridgehead atoms. The SMILES string of the molecule is NC(=O)NC(O)C=CO. The number of nitrogens with one attached hydrogen (secondary N) is 1. The molecule has 1 unspecified atom stereocenters. The summed E-state index contributed by atoms with van der Waals surface area (Å²) in [6.45, 7) is 0. The molecule has 0 aromatic heterocycles. The van der Waals surface area contributed by atoms with E-state index in [1.807, 2.05) is 5.32 Å². The van der Waals surface area contributed by atoms with Gasteiger partial charge in [0.2, 0.25) is 0 Å². The van der Waals surface area contributed by atoms with Crippen molar-refractivity contribution in [2.45, 2.75) is 6.23 Å². The third kappa shape index (κ3) is 4.63. The van der Waals surface area contributed by atoms with Gasteiger partial charge in [-0.1, -0.05) is 0 Å². The van der Waals surface area contributed by atoms with E-state index in [-0.39, 0.29) is 0 Å². The van der Waals surface area contributed by atoms with Crippen LogP contribution in [0.2, 0.25) is 0 Å². The molecule has 52 valence electrons. The third-order valence-corrected chi connectivity index (χ3v) is 0.558. The summed E-state index contributed by atoms with van der Waals surface area (Å²) in [4.78, 5) is 9.92. The van der Waals surface area contributed by atoms with E-state index in [1.54, 1.807) is 0 Å². The van der Waals surface area contributed by atoms with E-state index in [4.69, 9.17) is 10.2 Å². The second-order valence-electron chi connectivity index (χ2n) is 1.29. The molecular formula is C4H8N2O3. The van der Waals surface area contributed by atoms with Gasteiger partial charge in [-0.25, -0.2) is 4.79 Å². The Labute approximate surface area is 51.8 Å². The zero-order valence-electron chi connectivity index (χ0n) is 4.61. The largest absolute Gasteiger partial charge is 0.516 e. The van der Waals surface area contributed by atoms with E-state index in [1.165, 1.54) is 0 Å². The number of carbonyl (C=O) groups is 1. The maximum Gasteiger partial charge on any atom is 0.314 e. The van der Waals surface area contributed by atoms with Gasteiger partial charge >= 0.3 is 6.03 Å². The summed E-state index contributed by atoms with van der Waals surface area (Å²) in [7, 11) is 0. The topological polar surface area (TPSA) is 95.6 Å². The van der Waals surface area contributed by atoms with Crippen LogP contribution >= 0.6 is 0 Å². The fourth-order valence-corrected chi connectivity index (χ4v) is 0.275. The lowest BCUT2D eigenvalue weighted by molar-refractivity contribution is 0.181. The Bertz CT molecular complexity index is 123. The molecule has 0 heterocycles. The zero-order valence-corrected chi connectivity index (χ0v) is 4.61. The van der Waals surface area contributed by atoms with Crippen LogP contribution in [0.4, 0.5) is 4.79 Å². The molecule has 9 heavy (non-hydrogen) atoms. The average molecular weight is 132 g/mol. The number of hydrogen-bond donors (Lipinski definition) is 4. The summed E-state index contributed by atoms with van der Waals surface area (Å²) in [5.41, 5.74) is 4.60. The van der Waals surface area contributed by atoms with Gasteiger partial charge in [0, 0.05) is 0 Å². The molecule has 0 aromatic carbocycles. The number of rotatable bonds is 2. The lowest BCUT2D eigenvalue weighted by Crippen LogP contribution is -2.37. The van der Waals surface area contributed by atoms with Gasteiger partial charge in [-0.2, -0.15) is 0 Å². The van der Waals surface area contributed by atoms with Crippen LogP contribution in [-0.2, 0) is 0 Å². The standard InChI is InChI=1S/C4H8N2O3/c5-4(9)6-3(8)1-2-7/h1-3,7-8H,(H3,5,6,9). The first kappa shape index (κ1) is 7.77. The first-order valence-corrected chi connectivity index (χ1v) is 2.21. The molecule has 0 spiro atoms. The van der Waals surface area contributed by atoms with Crippen molar-refractivity contribution in [3.63, 3.8) is 0 Å². The van der Waals surface area contributed by atoms with E-state index in [0.717, 1.165) is 6.08 Å². The fourth-order valence-electron chi connectivity index (χ4n) is 0.275. The van der Waals surface area contributed by atoms with Crippen molar-refractivity contribution in [1.29, 1.82) is 0 Å². The summed E-state index contributed by atoms with van der Waals surface area (Å²) in [6.07, 6.45) is 0.359. The molecule has 5 heteroatoms. The van der Waals surface area contributed by atoms with Crippen molar-refractivity contribution < 1.29 is 15.0 Å². The van der Waals surface area contributed by atoms with Crippen LogP contribution < -0.4 is 11.1 Å². The second kappa shape index (κ2) is 3.73. The minimum atomic E-state index is -1.22. The molecule has 0 aliphatic heterocycles. The lowest BCUT2D eigenvalue weighted by atomic mass is 10.5. The van der Waals surface area contributed by atoms with Crippen LogP contribution in [-0.4, -0.2) is 22.5 Å². The van der Waals surface area contributed by atoms with E-state index in [0.29, 0.717) is 6.26 Å². The number of aliphatic hydroxyl groups excluding tert-OH is 2. The molecule has 0 fully saturated rings. The Balaban J connectivity index is 3.50. The molecule has 0 radical (unpaired) electrons. The van der Waals surface area contributed by atoms with Crippen molar-refractivity contribution in [3.8, 4) is 0 Å². The molecule has 0 saturated heterocycles. The van der Waals surface area contributed by atoms with E-state index < -0.39 is 12.3 Å². The summed E-state index contributed by atoms with van der Waals surface area (Å²) in [5.74, 6) is 0. The van der Waals surface area contributed by atoms with Gasteiger partial charge in [-0.15, -0.1) is 0 Å². The van der Waals surface area contributed by atoms with E-state index in [9.17, 15) is 4.79 Å². The second-order valence-corrected chi connectivity index (χ2v) is 1.29. The minimum absolute atomic E-state index is 0.612. The molecule has 0 aliphatic carbocycles. The lowest BCUT2D eigenvalue weighted by Gasteiger charge is -2.02. The highest BCUT2D eigenvalue weighted by atomic mass is 16.3. The first-order valence-electron chi connectivity index (χ1n) is 2.21. The van der Waals surface area contributed by atoms with Crippen molar-refractivity contribution in [1.82, 2.24) is 5.32 Å². The average Bonchev–Trinajstić information content (AvgIpc) is 1.63. The van der Waals surface area contributed by atoms with Crippen LogP contribution in [0.15, 0.2) is 12.3 Å². The third-order valence-electron chi connectivity index (χ3n) is 0.558. The van der Waals surface area contributed by atoms with Crippen molar-refractivity contribution in [2.24, 2.45) is 5.73 Å². The maximum atomic E-state index is 9.92. The zero-order chi connectivity index (χ0) is 7.28. The van der Waals surface area contributed by atoms with Crippen LogP contribution in [0.25, 0.3) is 0 Å². The number of nitrogens with two attached hydrogens (primary N) is 1. The molecule has 0 saturated carbocycles. The van der Waals surface area contributed by atoms with Crippen LogP contribution in [0.1, 0.15) is 0 Å². The van der Waals surface area contributed by atoms with Crippen molar-refractivity contribution >= 4 is 6.03 Å². The summed E-state index contributed by atoms with van der Waals surface area (Å²) in [5, 5.41) is 18.5.